The molecule has 3 rings (SSSR count). The summed E-state index contributed by atoms with van der Waals surface area (Å²) in [6.45, 7) is 0.947. The van der Waals surface area contributed by atoms with Gasteiger partial charge in [-0.3, -0.25) is 20.4 Å². The summed E-state index contributed by atoms with van der Waals surface area (Å²) in [5.74, 6) is 0.357. The standard InChI is InChI=1S/C14H12N2O4S/c17-13(15-16-14(18)10-3-6-21-8-10)9-1-2-11-12(7-9)20-5-4-19-11/h1-3,6-8H,4-5H2,(H,15,17)(H,16,18). The van der Waals surface area contributed by atoms with E-state index < -0.39 is 5.91 Å². The minimum Gasteiger partial charge on any atom is -0.486 e. The smallest absolute Gasteiger partial charge is 0.270 e. The number of benzene rings is 1. The highest BCUT2D eigenvalue weighted by Gasteiger charge is 2.15. The predicted molar refractivity (Wildman–Crippen MR) is 76.7 cm³/mol. The molecule has 21 heavy (non-hydrogen) atoms. The minimum absolute atomic E-state index is 0.359. The zero-order chi connectivity index (χ0) is 14.7. The minimum atomic E-state index is -0.421. The lowest BCUT2D eigenvalue weighted by Crippen LogP contribution is -2.41. The molecule has 0 radical (unpaired) electrons. The van der Waals surface area contributed by atoms with Gasteiger partial charge >= 0.3 is 0 Å². The van der Waals surface area contributed by atoms with Crippen LogP contribution in [0.4, 0.5) is 0 Å². The van der Waals surface area contributed by atoms with Crippen LogP contribution < -0.4 is 20.3 Å². The van der Waals surface area contributed by atoms with Gasteiger partial charge in [-0.1, -0.05) is 0 Å². The van der Waals surface area contributed by atoms with E-state index in [4.69, 9.17) is 9.47 Å². The van der Waals surface area contributed by atoms with Gasteiger partial charge in [-0.25, -0.2) is 0 Å². The highest BCUT2D eigenvalue weighted by atomic mass is 32.1. The Bertz CT molecular complexity index is 670. The SMILES string of the molecule is O=C(NNC(=O)c1ccc2c(c1)OCCO2)c1ccsc1. The molecule has 1 aromatic carbocycles. The normalized spacial score (nSPS) is 12.6. The van der Waals surface area contributed by atoms with E-state index in [1.807, 2.05) is 0 Å². The van der Waals surface area contributed by atoms with E-state index in [-0.39, 0.29) is 5.91 Å². The van der Waals surface area contributed by atoms with E-state index in [2.05, 4.69) is 10.9 Å². The number of hydrogen-bond donors (Lipinski definition) is 2. The molecule has 1 aromatic heterocycles. The van der Waals surface area contributed by atoms with Gasteiger partial charge in [0.25, 0.3) is 11.8 Å². The zero-order valence-electron chi connectivity index (χ0n) is 10.9. The van der Waals surface area contributed by atoms with Crippen molar-refractivity contribution < 1.29 is 19.1 Å². The van der Waals surface area contributed by atoms with Crippen LogP contribution in [0.25, 0.3) is 0 Å². The summed E-state index contributed by atoms with van der Waals surface area (Å²) in [4.78, 5) is 23.7. The van der Waals surface area contributed by atoms with Gasteiger partial charge in [-0.15, -0.1) is 0 Å². The fraction of sp³-hybridized carbons (Fsp3) is 0.143. The van der Waals surface area contributed by atoms with Gasteiger partial charge in [0, 0.05) is 10.9 Å². The molecule has 0 unspecified atom stereocenters. The number of nitrogens with one attached hydrogen (secondary N) is 2. The van der Waals surface area contributed by atoms with E-state index in [1.165, 1.54) is 11.3 Å². The number of rotatable bonds is 2. The summed E-state index contributed by atoms with van der Waals surface area (Å²) in [6, 6.07) is 6.54. The molecule has 0 saturated carbocycles. The third-order valence-corrected chi connectivity index (χ3v) is 3.56. The number of amides is 2. The van der Waals surface area contributed by atoms with Crippen molar-refractivity contribution in [2.24, 2.45) is 0 Å². The van der Waals surface area contributed by atoms with E-state index in [0.29, 0.717) is 35.8 Å². The molecule has 1 aliphatic rings. The Morgan fingerprint density at radius 3 is 2.38 bits per heavy atom. The molecule has 7 heteroatoms. The van der Waals surface area contributed by atoms with Gasteiger partial charge in [0.1, 0.15) is 13.2 Å². The number of carbonyl (C=O) groups excluding carboxylic acids is 2. The zero-order valence-corrected chi connectivity index (χ0v) is 11.7. The number of thiophene rings is 1. The third-order valence-electron chi connectivity index (χ3n) is 2.88. The maximum atomic E-state index is 12.0. The number of fused-ring (bicyclic) bond motifs is 1. The molecule has 2 heterocycles. The number of hydrazine groups is 1. The number of ether oxygens (including phenoxy) is 2. The Hall–Kier alpha value is -2.54. The first-order valence-corrected chi connectivity index (χ1v) is 7.21. The molecule has 0 saturated heterocycles. The fourth-order valence-corrected chi connectivity index (χ4v) is 2.47. The molecule has 108 valence electrons. The first-order chi connectivity index (χ1) is 10.2. The Morgan fingerprint density at radius 2 is 1.67 bits per heavy atom. The van der Waals surface area contributed by atoms with Crippen molar-refractivity contribution in [1.29, 1.82) is 0 Å². The second kappa shape index (κ2) is 5.84. The lowest BCUT2D eigenvalue weighted by atomic mass is 10.2. The predicted octanol–water partition coefficient (Wildman–Crippen LogP) is 1.59. The molecule has 0 spiro atoms. The summed E-state index contributed by atoms with van der Waals surface area (Å²) >= 11 is 1.41. The molecule has 0 atom stereocenters. The van der Waals surface area contributed by atoms with Crippen LogP contribution in [-0.2, 0) is 0 Å². The summed E-state index contributed by atoms with van der Waals surface area (Å²) in [7, 11) is 0. The Balaban J connectivity index is 1.64. The van der Waals surface area contributed by atoms with Crippen molar-refractivity contribution in [1.82, 2.24) is 10.9 Å². The first-order valence-electron chi connectivity index (χ1n) is 6.26. The summed E-state index contributed by atoms with van der Waals surface area (Å²) in [5, 5.41) is 3.49. The Morgan fingerprint density at radius 1 is 0.952 bits per heavy atom. The summed E-state index contributed by atoms with van der Waals surface area (Å²) in [6.07, 6.45) is 0. The molecule has 6 nitrogen and oxygen atoms in total. The van der Waals surface area contributed by atoms with Crippen molar-refractivity contribution in [2.45, 2.75) is 0 Å². The van der Waals surface area contributed by atoms with Gasteiger partial charge in [0.05, 0.1) is 5.56 Å². The van der Waals surface area contributed by atoms with E-state index >= 15 is 0 Å². The third kappa shape index (κ3) is 2.97. The van der Waals surface area contributed by atoms with Crippen molar-refractivity contribution >= 4 is 23.2 Å². The van der Waals surface area contributed by atoms with E-state index in [1.54, 1.807) is 35.0 Å². The molecule has 0 fully saturated rings. The van der Waals surface area contributed by atoms with Crippen molar-refractivity contribution in [3.63, 3.8) is 0 Å². The van der Waals surface area contributed by atoms with Gasteiger partial charge in [0.2, 0.25) is 0 Å². The molecule has 2 N–H and O–H groups in total. The van der Waals surface area contributed by atoms with Crippen LogP contribution in [0.2, 0.25) is 0 Å². The van der Waals surface area contributed by atoms with Crippen molar-refractivity contribution in [3.05, 3.63) is 46.2 Å². The number of carbonyl (C=O) groups is 2. The Kier molecular flexibility index (Phi) is 3.74. The fourth-order valence-electron chi connectivity index (χ4n) is 1.84. The van der Waals surface area contributed by atoms with Crippen LogP contribution in [0.15, 0.2) is 35.0 Å². The second-order valence-corrected chi connectivity index (χ2v) is 5.06. The highest BCUT2D eigenvalue weighted by molar-refractivity contribution is 7.08. The molecule has 2 amide bonds. The molecule has 0 bridgehead atoms. The van der Waals surface area contributed by atoms with Crippen LogP contribution in [-0.4, -0.2) is 25.0 Å². The lowest BCUT2D eigenvalue weighted by Gasteiger charge is -2.18. The second-order valence-electron chi connectivity index (χ2n) is 4.28. The summed E-state index contributed by atoms with van der Waals surface area (Å²) < 4.78 is 10.8. The van der Waals surface area contributed by atoms with Crippen LogP contribution in [0.5, 0.6) is 11.5 Å². The molecule has 0 aliphatic carbocycles. The largest absolute Gasteiger partial charge is 0.486 e. The van der Waals surface area contributed by atoms with Crippen molar-refractivity contribution in [3.8, 4) is 11.5 Å². The van der Waals surface area contributed by atoms with Crippen LogP contribution in [0, 0.1) is 0 Å². The van der Waals surface area contributed by atoms with E-state index in [9.17, 15) is 9.59 Å². The van der Waals surface area contributed by atoms with Crippen LogP contribution >= 0.6 is 11.3 Å². The molecular weight excluding hydrogens is 292 g/mol. The highest BCUT2D eigenvalue weighted by Crippen LogP contribution is 2.30. The van der Waals surface area contributed by atoms with Gasteiger partial charge in [-0.2, -0.15) is 11.3 Å². The van der Waals surface area contributed by atoms with Crippen LogP contribution in [0.1, 0.15) is 20.7 Å². The van der Waals surface area contributed by atoms with Gasteiger partial charge in [0.15, 0.2) is 11.5 Å². The average molecular weight is 304 g/mol. The van der Waals surface area contributed by atoms with E-state index in [0.717, 1.165) is 0 Å². The molecular formula is C14H12N2O4S. The monoisotopic (exact) mass is 304 g/mol. The Labute approximate surface area is 124 Å². The van der Waals surface area contributed by atoms with Crippen molar-refractivity contribution in [2.75, 3.05) is 13.2 Å². The van der Waals surface area contributed by atoms with Crippen LogP contribution in [0.3, 0.4) is 0 Å². The molecule has 2 aromatic rings. The maximum Gasteiger partial charge on any atom is 0.270 e. The summed E-state index contributed by atoms with van der Waals surface area (Å²) in [5.41, 5.74) is 5.60. The topological polar surface area (TPSA) is 76.7 Å². The first kappa shape index (κ1) is 13.4. The van der Waals surface area contributed by atoms with Gasteiger partial charge < -0.3 is 9.47 Å². The molecule has 1 aliphatic heterocycles. The maximum absolute atomic E-state index is 12.0. The number of hydrogen-bond acceptors (Lipinski definition) is 5. The van der Waals surface area contributed by atoms with Gasteiger partial charge in [-0.05, 0) is 29.6 Å². The quantitative estimate of drug-likeness (QED) is 0.826. The lowest BCUT2D eigenvalue weighted by molar-refractivity contribution is 0.0846. The average Bonchev–Trinajstić information content (AvgIpc) is 3.06.